The fourth-order valence-electron chi connectivity index (χ4n) is 0. The Hall–Kier alpha value is 0.954. The van der Waals surface area contributed by atoms with Crippen molar-refractivity contribution in [1.29, 1.82) is 0 Å². The van der Waals surface area contributed by atoms with Gasteiger partial charge in [-0.1, -0.05) is 0 Å². The van der Waals surface area contributed by atoms with Crippen LogP contribution in [0.2, 0.25) is 0 Å². The summed E-state index contributed by atoms with van der Waals surface area (Å²) >= 11 is -4.08. The van der Waals surface area contributed by atoms with E-state index in [1.165, 1.54) is 0 Å². The average molecular weight is 151 g/mol. The Morgan fingerprint density at radius 2 is 1.40 bits per heavy atom. The summed E-state index contributed by atoms with van der Waals surface area (Å²) in [5, 5.41) is 0. The van der Waals surface area contributed by atoms with Crippen LogP contribution in [0.15, 0.2) is 0 Å². The van der Waals surface area contributed by atoms with Gasteiger partial charge in [-0.05, 0) is 0 Å². The van der Waals surface area contributed by atoms with Crippen molar-refractivity contribution in [1.82, 2.24) is 0 Å². The molecule has 0 unspecified atom stereocenters. The maximum absolute atomic E-state index is 8.58. The zero-order chi connectivity index (χ0) is 3.58. The Morgan fingerprint density at radius 3 is 1.40 bits per heavy atom. The molecule has 0 bridgehead atoms. The molecule has 0 aliphatic rings. The second-order valence-corrected chi connectivity index (χ2v) is 1.03. The van der Waals surface area contributed by atoms with Gasteiger partial charge in [0.15, 0.2) is 0 Å². The van der Waals surface area contributed by atoms with Crippen LogP contribution in [0.3, 0.4) is 0 Å². The van der Waals surface area contributed by atoms with E-state index in [1.54, 1.807) is 0 Å². The SMILES string of the molecule is [Mn+2].[O]=[Ti]([O-])[O-]. The van der Waals surface area contributed by atoms with Crippen molar-refractivity contribution in [2.45, 2.75) is 0 Å². The van der Waals surface area contributed by atoms with Crippen molar-refractivity contribution in [3.05, 3.63) is 0 Å². The van der Waals surface area contributed by atoms with Crippen molar-refractivity contribution in [3.63, 3.8) is 0 Å². The van der Waals surface area contributed by atoms with Gasteiger partial charge in [-0.3, -0.25) is 0 Å². The van der Waals surface area contributed by atoms with Crippen LogP contribution < -0.4 is 7.38 Å². The topological polar surface area (TPSA) is 63.2 Å². The predicted octanol–water partition coefficient (Wildman–Crippen LogP) is -2.50. The van der Waals surface area contributed by atoms with Gasteiger partial charge in [0, 0.05) is 0 Å². The van der Waals surface area contributed by atoms with E-state index < -0.39 is 18.6 Å². The number of hydrogen-bond donors (Lipinski definition) is 0. The molecule has 0 aromatic heterocycles. The first kappa shape index (κ1) is 9.35. The molecule has 0 fully saturated rings. The first-order valence-corrected chi connectivity index (χ1v) is 2.52. The van der Waals surface area contributed by atoms with Gasteiger partial charge < -0.3 is 0 Å². The van der Waals surface area contributed by atoms with Crippen LogP contribution in [0, 0.1) is 0 Å². The Morgan fingerprint density at radius 1 is 1.40 bits per heavy atom. The summed E-state index contributed by atoms with van der Waals surface area (Å²) in [5.41, 5.74) is 0. The fourth-order valence-corrected chi connectivity index (χ4v) is 0. The van der Waals surface area contributed by atoms with Crippen LogP contribution in [0.25, 0.3) is 0 Å². The number of hydrogen-bond acceptors (Lipinski definition) is 3. The molecule has 3 nitrogen and oxygen atoms in total. The van der Waals surface area contributed by atoms with Gasteiger partial charge in [0.2, 0.25) is 0 Å². The zero-order valence-corrected chi connectivity index (χ0v) is 4.84. The summed E-state index contributed by atoms with van der Waals surface area (Å²) < 4.78 is 25.8. The third kappa shape index (κ3) is 47.5. The van der Waals surface area contributed by atoms with E-state index >= 15 is 0 Å². The van der Waals surface area contributed by atoms with Gasteiger partial charge in [0.05, 0.1) is 0 Å². The van der Waals surface area contributed by atoms with E-state index in [2.05, 4.69) is 0 Å². The summed E-state index contributed by atoms with van der Waals surface area (Å²) in [5.74, 6) is 0. The van der Waals surface area contributed by atoms with Crippen LogP contribution in [0.5, 0.6) is 0 Å². The van der Waals surface area contributed by atoms with Crippen molar-refractivity contribution in [2.24, 2.45) is 0 Å². The Kier molecular flexibility index (Phi) is 9.26. The zero-order valence-electron chi connectivity index (χ0n) is 2.10. The third-order valence-electron chi connectivity index (χ3n) is 0. The minimum absolute atomic E-state index is 0. The van der Waals surface area contributed by atoms with E-state index in [1.807, 2.05) is 0 Å². The quantitative estimate of drug-likeness (QED) is 0.359. The standard InChI is InChI=1S/Mn.3O.Ti/q+2;;2*-1;. The molecular weight excluding hydrogens is 151 g/mol. The van der Waals surface area contributed by atoms with Crippen LogP contribution in [-0.4, -0.2) is 0 Å². The van der Waals surface area contributed by atoms with E-state index in [0.29, 0.717) is 0 Å². The molecule has 0 rings (SSSR count). The molecule has 0 heterocycles. The molecule has 0 atom stereocenters. The molecule has 5 heteroatoms. The Bertz CT molecular complexity index is 29.9. The molecule has 0 aliphatic carbocycles. The molecule has 0 spiro atoms. The molecular formula is MnO3Ti. The van der Waals surface area contributed by atoms with E-state index in [4.69, 9.17) is 10.7 Å². The molecule has 0 amide bonds. The van der Waals surface area contributed by atoms with Crippen molar-refractivity contribution < 1.29 is 46.4 Å². The van der Waals surface area contributed by atoms with Gasteiger partial charge in [-0.2, -0.15) is 0 Å². The molecule has 0 aromatic rings. The molecule has 29 valence electrons. The van der Waals surface area contributed by atoms with Gasteiger partial charge >= 0.3 is 46.4 Å². The second kappa shape index (κ2) is 4.95. The molecule has 0 saturated heterocycles. The fraction of sp³-hybridized carbons (Fsp3) is 0. The molecule has 0 aromatic carbocycles. The van der Waals surface area contributed by atoms with Crippen LogP contribution in [0.1, 0.15) is 0 Å². The normalized spacial score (nSPS) is 5.20. The summed E-state index contributed by atoms with van der Waals surface area (Å²) in [4.78, 5) is 0. The van der Waals surface area contributed by atoms with Crippen molar-refractivity contribution in [2.75, 3.05) is 0 Å². The molecule has 0 saturated carbocycles. The molecule has 1 radical (unpaired) electrons. The van der Waals surface area contributed by atoms with Crippen molar-refractivity contribution in [3.8, 4) is 0 Å². The summed E-state index contributed by atoms with van der Waals surface area (Å²) in [6.07, 6.45) is 0. The van der Waals surface area contributed by atoms with Gasteiger partial charge in [0.25, 0.3) is 0 Å². The minimum atomic E-state index is -4.08. The van der Waals surface area contributed by atoms with Crippen LogP contribution >= 0.6 is 0 Å². The van der Waals surface area contributed by atoms with Crippen LogP contribution in [0.4, 0.5) is 0 Å². The van der Waals surface area contributed by atoms with Crippen molar-refractivity contribution >= 4 is 0 Å². The van der Waals surface area contributed by atoms with E-state index in [0.717, 1.165) is 0 Å². The molecule has 5 heavy (non-hydrogen) atoms. The van der Waals surface area contributed by atoms with Crippen LogP contribution in [-0.2, 0) is 39.0 Å². The monoisotopic (exact) mass is 151 g/mol. The maximum atomic E-state index is 8.58. The van der Waals surface area contributed by atoms with E-state index in [9.17, 15) is 0 Å². The number of rotatable bonds is 0. The predicted molar refractivity (Wildman–Crippen MR) is 0.686 cm³/mol. The van der Waals surface area contributed by atoms with Gasteiger partial charge in [0.1, 0.15) is 0 Å². The summed E-state index contributed by atoms with van der Waals surface area (Å²) in [7, 11) is 0. The first-order chi connectivity index (χ1) is 1.73. The molecule has 0 N–H and O–H groups in total. The van der Waals surface area contributed by atoms with Gasteiger partial charge in [-0.25, -0.2) is 0 Å². The first-order valence-electron chi connectivity index (χ1n) is 0.612. The Balaban J connectivity index is 0. The second-order valence-electron chi connectivity index (χ2n) is 0.250. The summed E-state index contributed by atoms with van der Waals surface area (Å²) in [6, 6.07) is 0. The van der Waals surface area contributed by atoms with Gasteiger partial charge in [-0.15, -0.1) is 0 Å². The Labute approximate surface area is 46.6 Å². The molecule has 0 aliphatic heterocycles. The average Bonchev–Trinajstić information content (AvgIpc) is 0.811. The third-order valence-corrected chi connectivity index (χ3v) is 0. The summed E-state index contributed by atoms with van der Waals surface area (Å²) in [6.45, 7) is 0. The van der Waals surface area contributed by atoms with E-state index in [-0.39, 0.29) is 17.1 Å².